The van der Waals surface area contributed by atoms with E-state index in [2.05, 4.69) is 26.0 Å². The quantitative estimate of drug-likeness (QED) is 0.843. The molecule has 3 nitrogen and oxygen atoms in total. The molecule has 7 heteroatoms. The molecule has 0 fully saturated rings. The summed E-state index contributed by atoms with van der Waals surface area (Å²) < 4.78 is 43.7. The molecule has 1 aromatic rings. The van der Waals surface area contributed by atoms with Crippen LogP contribution < -0.4 is 5.32 Å². The summed E-state index contributed by atoms with van der Waals surface area (Å²) in [6, 6.07) is 1.97. The van der Waals surface area contributed by atoms with Crippen molar-refractivity contribution < 1.29 is 22.7 Å². The van der Waals surface area contributed by atoms with Crippen molar-refractivity contribution in [3.63, 3.8) is 0 Å². The molecular formula is C12H13BrF3NO2. The number of carbonyl (C=O) groups is 1. The molecule has 0 aromatic heterocycles. The fourth-order valence-electron chi connectivity index (χ4n) is 1.55. The van der Waals surface area contributed by atoms with E-state index in [9.17, 15) is 18.0 Å². The number of esters is 1. The Morgan fingerprint density at radius 1 is 1.37 bits per heavy atom. The SMILES string of the molecule is COC(=O)c1cc(Br)cc(C(F)(F)F)c1NC(C)C. The van der Waals surface area contributed by atoms with Gasteiger partial charge < -0.3 is 10.1 Å². The van der Waals surface area contributed by atoms with Gasteiger partial charge >= 0.3 is 12.1 Å². The Morgan fingerprint density at radius 3 is 2.37 bits per heavy atom. The summed E-state index contributed by atoms with van der Waals surface area (Å²) in [5.41, 5.74) is -1.33. The lowest BCUT2D eigenvalue weighted by atomic mass is 10.1. The molecule has 0 saturated heterocycles. The molecule has 1 N–H and O–H groups in total. The zero-order valence-corrected chi connectivity index (χ0v) is 12.1. The largest absolute Gasteiger partial charge is 0.465 e. The monoisotopic (exact) mass is 339 g/mol. The van der Waals surface area contributed by atoms with Crippen LogP contribution in [-0.2, 0) is 10.9 Å². The number of methoxy groups -OCH3 is 1. The minimum atomic E-state index is -4.57. The van der Waals surface area contributed by atoms with Crippen molar-refractivity contribution in [1.29, 1.82) is 0 Å². The Kier molecular flexibility index (Phi) is 4.84. The van der Waals surface area contributed by atoms with Gasteiger partial charge in [-0.05, 0) is 26.0 Å². The molecule has 19 heavy (non-hydrogen) atoms. The van der Waals surface area contributed by atoms with Crippen LogP contribution in [0.1, 0.15) is 29.8 Å². The molecule has 0 radical (unpaired) electrons. The first-order chi connectivity index (χ1) is 8.66. The molecule has 0 aliphatic heterocycles. The highest BCUT2D eigenvalue weighted by Gasteiger charge is 2.36. The second-order valence-corrected chi connectivity index (χ2v) is 5.08. The number of carbonyl (C=O) groups excluding carboxylic acids is 1. The van der Waals surface area contributed by atoms with Gasteiger partial charge in [0.25, 0.3) is 0 Å². The standard InChI is InChI=1S/C12H13BrF3NO2/c1-6(2)17-10-8(11(18)19-3)4-7(13)5-9(10)12(14,15)16/h4-6,17H,1-3H3. The van der Waals surface area contributed by atoms with Gasteiger partial charge in [0.2, 0.25) is 0 Å². The summed E-state index contributed by atoms with van der Waals surface area (Å²) in [7, 11) is 1.12. The Hall–Kier alpha value is -1.24. The number of hydrogen-bond donors (Lipinski definition) is 1. The van der Waals surface area contributed by atoms with E-state index in [1.165, 1.54) is 6.07 Å². The first kappa shape index (κ1) is 15.8. The second kappa shape index (κ2) is 5.81. The number of ether oxygens (including phenoxy) is 1. The van der Waals surface area contributed by atoms with Crippen molar-refractivity contribution in [2.24, 2.45) is 0 Å². The van der Waals surface area contributed by atoms with Crippen LogP contribution in [0.25, 0.3) is 0 Å². The highest BCUT2D eigenvalue weighted by molar-refractivity contribution is 9.10. The third-order valence-electron chi connectivity index (χ3n) is 2.25. The number of nitrogens with one attached hydrogen (secondary N) is 1. The molecule has 1 rings (SSSR count). The van der Waals surface area contributed by atoms with Crippen LogP contribution in [0.5, 0.6) is 0 Å². The topological polar surface area (TPSA) is 38.3 Å². The summed E-state index contributed by atoms with van der Waals surface area (Å²) in [4.78, 5) is 11.6. The van der Waals surface area contributed by atoms with Crippen LogP contribution in [0.3, 0.4) is 0 Å². The zero-order valence-electron chi connectivity index (χ0n) is 10.6. The van der Waals surface area contributed by atoms with Crippen LogP contribution in [0, 0.1) is 0 Å². The van der Waals surface area contributed by atoms with E-state index in [0.29, 0.717) is 0 Å². The summed E-state index contributed by atoms with van der Waals surface area (Å²) in [6.07, 6.45) is -4.57. The maximum Gasteiger partial charge on any atom is 0.418 e. The Labute approximate surface area is 117 Å². The molecular weight excluding hydrogens is 327 g/mol. The first-order valence-corrected chi connectivity index (χ1v) is 6.21. The summed E-state index contributed by atoms with van der Waals surface area (Å²) in [5, 5.41) is 2.65. The van der Waals surface area contributed by atoms with Gasteiger partial charge in [0.05, 0.1) is 23.9 Å². The van der Waals surface area contributed by atoms with Gasteiger partial charge in [-0.3, -0.25) is 0 Å². The smallest absolute Gasteiger partial charge is 0.418 e. The maximum absolute atomic E-state index is 13.0. The molecule has 0 atom stereocenters. The van der Waals surface area contributed by atoms with Crippen molar-refractivity contribution in [3.8, 4) is 0 Å². The molecule has 0 unspecified atom stereocenters. The van der Waals surface area contributed by atoms with Crippen molar-refractivity contribution in [3.05, 3.63) is 27.7 Å². The van der Waals surface area contributed by atoms with Crippen molar-refractivity contribution in [2.45, 2.75) is 26.1 Å². The Morgan fingerprint density at radius 2 is 1.95 bits per heavy atom. The predicted octanol–water partition coefficient (Wildman–Crippen LogP) is 4.07. The number of halogens is 4. The lowest BCUT2D eigenvalue weighted by Crippen LogP contribution is -2.19. The normalized spacial score (nSPS) is 11.6. The van der Waals surface area contributed by atoms with E-state index >= 15 is 0 Å². The van der Waals surface area contributed by atoms with Crippen LogP contribution in [0.15, 0.2) is 16.6 Å². The molecule has 0 heterocycles. The number of rotatable bonds is 3. The summed E-state index contributed by atoms with van der Waals surface area (Å²) >= 11 is 2.97. The number of anilines is 1. The zero-order chi connectivity index (χ0) is 14.8. The third kappa shape index (κ3) is 3.86. The van der Waals surface area contributed by atoms with Gasteiger partial charge in [-0.25, -0.2) is 4.79 Å². The molecule has 0 aliphatic carbocycles. The average Bonchev–Trinajstić information content (AvgIpc) is 2.27. The average molecular weight is 340 g/mol. The first-order valence-electron chi connectivity index (χ1n) is 5.42. The lowest BCUT2D eigenvalue weighted by Gasteiger charge is -2.20. The Balaban J connectivity index is 3.53. The van der Waals surface area contributed by atoms with E-state index in [1.54, 1.807) is 13.8 Å². The molecule has 0 amide bonds. The van der Waals surface area contributed by atoms with E-state index < -0.39 is 17.7 Å². The van der Waals surface area contributed by atoms with Crippen molar-refractivity contribution in [1.82, 2.24) is 0 Å². The highest BCUT2D eigenvalue weighted by Crippen LogP contribution is 2.39. The van der Waals surface area contributed by atoms with Crippen LogP contribution in [0.4, 0.5) is 18.9 Å². The summed E-state index contributed by atoms with van der Waals surface area (Å²) in [6.45, 7) is 3.37. The van der Waals surface area contributed by atoms with Crippen LogP contribution in [0.2, 0.25) is 0 Å². The van der Waals surface area contributed by atoms with E-state index in [0.717, 1.165) is 13.2 Å². The molecule has 0 aliphatic rings. The molecule has 0 saturated carbocycles. The molecule has 0 bridgehead atoms. The lowest BCUT2D eigenvalue weighted by molar-refractivity contribution is -0.137. The van der Waals surface area contributed by atoms with E-state index in [4.69, 9.17) is 0 Å². The minimum Gasteiger partial charge on any atom is -0.465 e. The van der Waals surface area contributed by atoms with Crippen LogP contribution in [-0.4, -0.2) is 19.1 Å². The van der Waals surface area contributed by atoms with Gasteiger partial charge in [-0.15, -0.1) is 0 Å². The number of hydrogen-bond acceptors (Lipinski definition) is 3. The maximum atomic E-state index is 13.0. The minimum absolute atomic E-state index is 0.155. The second-order valence-electron chi connectivity index (χ2n) is 4.16. The number of benzene rings is 1. The van der Waals surface area contributed by atoms with Gasteiger partial charge in [-0.1, -0.05) is 15.9 Å². The highest BCUT2D eigenvalue weighted by atomic mass is 79.9. The molecule has 0 spiro atoms. The van der Waals surface area contributed by atoms with Gasteiger partial charge in [0, 0.05) is 10.5 Å². The summed E-state index contributed by atoms with van der Waals surface area (Å²) in [5.74, 6) is -0.824. The van der Waals surface area contributed by atoms with E-state index in [-0.39, 0.29) is 21.8 Å². The predicted molar refractivity (Wildman–Crippen MR) is 69.2 cm³/mol. The van der Waals surface area contributed by atoms with Crippen LogP contribution >= 0.6 is 15.9 Å². The fraction of sp³-hybridized carbons (Fsp3) is 0.417. The van der Waals surface area contributed by atoms with Gasteiger partial charge in [0.1, 0.15) is 0 Å². The van der Waals surface area contributed by atoms with Gasteiger partial charge in [-0.2, -0.15) is 13.2 Å². The number of alkyl halides is 3. The van der Waals surface area contributed by atoms with E-state index in [1.807, 2.05) is 0 Å². The fourth-order valence-corrected chi connectivity index (χ4v) is 2.00. The molecule has 106 valence electrons. The molecule has 1 aromatic carbocycles. The Bertz CT molecular complexity index is 487. The van der Waals surface area contributed by atoms with Gasteiger partial charge in [0.15, 0.2) is 0 Å². The third-order valence-corrected chi connectivity index (χ3v) is 2.70. The van der Waals surface area contributed by atoms with Crippen molar-refractivity contribution in [2.75, 3.05) is 12.4 Å². The van der Waals surface area contributed by atoms with Crippen molar-refractivity contribution >= 4 is 27.6 Å².